The minimum absolute atomic E-state index is 0.00587. The summed E-state index contributed by atoms with van der Waals surface area (Å²) in [4.78, 5) is 37.9. The minimum atomic E-state index is -0.573. The van der Waals surface area contributed by atoms with E-state index in [2.05, 4.69) is 21.5 Å². The van der Waals surface area contributed by atoms with Crippen molar-refractivity contribution in [2.45, 2.75) is 90.6 Å². The van der Waals surface area contributed by atoms with E-state index in [4.69, 9.17) is 19.2 Å². The quantitative estimate of drug-likeness (QED) is 0.288. The van der Waals surface area contributed by atoms with Crippen LogP contribution in [0.15, 0.2) is 35.8 Å². The topological polar surface area (TPSA) is 111 Å². The van der Waals surface area contributed by atoms with Crippen molar-refractivity contribution in [1.82, 2.24) is 19.4 Å². The van der Waals surface area contributed by atoms with Crippen molar-refractivity contribution >= 4 is 35.2 Å². The zero-order chi connectivity index (χ0) is 31.0. The van der Waals surface area contributed by atoms with E-state index in [-0.39, 0.29) is 37.0 Å². The standard InChI is InChI=1S/C32H48N6O5/c1-7-16-33-20-23(2)41-22-34-30-35-27-12-10-13-28(42-26-14-18-36(19-15-26)24(3)39)29(27)38(30)25-11-8-9-17-37(21-25)31(40)43-32(4,5)6/h7,10,12-13,16,23,25-26H,1,8-9,11,14-15,17-22H2,2-6H3,(H,34,35)/b33-16-/t23?,25-/m1/s1. The fourth-order valence-corrected chi connectivity index (χ4v) is 5.57. The van der Waals surface area contributed by atoms with Crippen molar-refractivity contribution in [2.75, 3.05) is 44.8 Å². The number of hydrogen-bond donors (Lipinski definition) is 1. The van der Waals surface area contributed by atoms with Crippen LogP contribution >= 0.6 is 0 Å². The van der Waals surface area contributed by atoms with Gasteiger partial charge in [-0.3, -0.25) is 9.79 Å². The lowest BCUT2D eigenvalue weighted by molar-refractivity contribution is -0.130. The van der Waals surface area contributed by atoms with Crippen molar-refractivity contribution in [3.63, 3.8) is 0 Å². The number of imidazole rings is 1. The molecule has 1 N–H and O–H groups in total. The Bertz CT molecular complexity index is 1280. The van der Waals surface area contributed by atoms with Crippen molar-refractivity contribution < 1.29 is 23.8 Å². The maximum Gasteiger partial charge on any atom is 0.410 e. The molecule has 2 saturated heterocycles. The Balaban J connectivity index is 1.63. The van der Waals surface area contributed by atoms with E-state index in [0.717, 1.165) is 48.9 Å². The number of likely N-dealkylation sites (tertiary alicyclic amines) is 2. The second-order valence-electron chi connectivity index (χ2n) is 12.4. The fourth-order valence-electron chi connectivity index (χ4n) is 5.57. The van der Waals surface area contributed by atoms with Crippen LogP contribution in [0.4, 0.5) is 10.7 Å². The van der Waals surface area contributed by atoms with Crippen LogP contribution in [0.5, 0.6) is 5.75 Å². The summed E-state index contributed by atoms with van der Waals surface area (Å²) in [6.45, 7) is 16.2. The first-order valence-corrected chi connectivity index (χ1v) is 15.4. The normalized spacial score (nSPS) is 19.3. The van der Waals surface area contributed by atoms with Gasteiger partial charge in [0.15, 0.2) is 0 Å². The number of allylic oxidation sites excluding steroid dienone is 1. The second kappa shape index (κ2) is 14.7. The molecule has 2 aromatic rings. The number of benzene rings is 1. The molecular formula is C32H48N6O5. The highest BCUT2D eigenvalue weighted by Crippen LogP contribution is 2.36. The number of aliphatic imine (C=N–C) groups is 1. The van der Waals surface area contributed by atoms with Crippen LogP contribution < -0.4 is 10.1 Å². The van der Waals surface area contributed by atoms with Crippen LogP contribution in [0.1, 0.15) is 72.8 Å². The lowest BCUT2D eigenvalue weighted by Crippen LogP contribution is -2.40. The Morgan fingerprint density at radius 2 is 1.93 bits per heavy atom. The highest BCUT2D eigenvalue weighted by atomic mass is 16.6. The zero-order valence-electron chi connectivity index (χ0n) is 26.4. The molecule has 2 amide bonds. The summed E-state index contributed by atoms with van der Waals surface area (Å²) in [5.74, 6) is 1.51. The lowest BCUT2D eigenvalue weighted by Gasteiger charge is -2.32. The van der Waals surface area contributed by atoms with Gasteiger partial charge in [0.2, 0.25) is 11.9 Å². The third-order valence-electron chi connectivity index (χ3n) is 7.69. The number of nitrogens with one attached hydrogen (secondary N) is 1. The smallest absolute Gasteiger partial charge is 0.410 e. The number of nitrogens with zero attached hydrogens (tertiary/aromatic N) is 5. The zero-order valence-corrected chi connectivity index (χ0v) is 26.4. The molecule has 0 aliphatic carbocycles. The molecule has 0 spiro atoms. The summed E-state index contributed by atoms with van der Waals surface area (Å²) < 4.78 is 20.5. The van der Waals surface area contributed by atoms with Crippen LogP contribution in [-0.4, -0.2) is 94.8 Å². The predicted molar refractivity (Wildman–Crippen MR) is 169 cm³/mol. The molecule has 236 valence electrons. The number of piperidine rings is 1. The molecule has 3 heterocycles. The molecule has 2 aliphatic heterocycles. The fraction of sp³-hybridized carbons (Fsp3) is 0.625. The van der Waals surface area contributed by atoms with Gasteiger partial charge < -0.3 is 33.9 Å². The monoisotopic (exact) mass is 596 g/mol. The summed E-state index contributed by atoms with van der Waals surface area (Å²) in [5, 5.41) is 3.40. The number of para-hydroxylation sites is 1. The van der Waals surface area contributed by atoms with Gasteiger partial charge in [-0.1, -0.05) is 18.7 Å². The molecule has 1 aromatic carbocycles. The molecule has 2 aliphatic rings. The summed E-state index contributed by atoms with van der Waals surface area (Å²) in [6.07, 6.45) is 7.18. The molecule has 11 nitrogen and oxygen atoms in total. The highest BCUT2D eigenvalue weighted by molar-refractivity contribution is 5.85. The number of anilines is 1. The van der Waals surface area contributed by atoms with E-state index < -0.39 is 5.60 Å². The number of fused-ring (bicyclic) bond motifs is 1. The third kappa shape index (κ3) is 8.95. The van der Waals surface area contributed by atoms with Crippen LogP contribution in [0.3, 0.4) is 0 Å². The van der Waals surface area contributed by atoms with Gasteiger partial charge in [0, 0.05) is 52.2 Å². The van der Waals surface area contributed by atoms with E-state index in [9.17, 15) is 9.59 Å². The Morgan fingerprint density at radius 1 is 1.16 bits per heavy atom. The summed E-state index contributed by atoms with van der Waals surface area (Å²) in [5.41, 5.74) is 1.12. The van der Waals surface area contributed by atoms with Gasteiger partial charge in [-0.2, -0.15) is 0 Å². The van der Waals surface area contributed by atoms with Crippen LogP contribution in [0.25, 0.3) is 11.0 Å². The van der Waals surface area contributed by atoms with Gasteiger partial charge in [-0.05, 0) is 59.1 Å². The first-order chi connectivity index (χ1) is 20.6. The van der Waals surface area contributed by atoms with Crippen LogP contribution in [0, 0.1) is 0 Å². The van der Waals surface area contributed by atoms with Crippen molar-refractivity contribution in [2.24, 2.45) is 4.99 Å². The minimum Gasteiger partial charge on any atom is -0.488 e. The van der Waals surface area contributed by atoms with E-state index in [1.165, 1.54) is 0 Å². The van der Waals surface area contributed by atoms with Crippen molar-refractivity contribution in [3.8, 4) is 5.75 Å². The number of aromatic nitrogens is 2. The number of amides is 2. The molecule has 43 heavy (non-hydrogen) atoms. The van der Waals surface area contributed by atoms with E-state index in [0.29, 0.717) is 38.7 Å². The van der Waals surface area contributed by atoms with Gasteiger partial charge in [0.1, 0.15) is 29.7 Å². The molecule has 0 bridgehead atoms. The molecule has 11 heteroatoms. The maximum absolute atomic E-state index is 13.2. The number of carbonyl (C=O) groups excluding carboxylic acids is 2. The Hall–Kier alpha value is -3.60. The molecule has 1 unspecified atom stereocenters. The Labute approximate surface area is 255 Å². The van der Waals surface area contributed by atoms with E-state index in [1.54, 1.807) is 19.2 Å². The lowest BCUT2D eigenvalue weighted by atomic mass is 10.1. The highest BCUT2D eigenvalue weighted by Gasteiger charge is 2.31. The molecule has 2 fully saturated rings. The number of carbonyl (C=O) groups is 2. The van der Waals surface area contributed by atoms with Crippen molar-refractivity contribution in [1.29, 1.82) is 0 Å². The van der Waals surface area contributed by atoms with Crippen LogP contribution in [-0.2, 0) is 14.3 Å². The average molecular weight is 597 g/mol. The largest absolute Gasteiger partial charge is 0.488 e. The first kappa shape index (κ1) is 32.3. The number of rotatable bonds is 10. The van der Waals surface area contributed by atoms with Gasteiger partial charge >= 0.3 is 6.09 Å². The van der Waals surface area contributed by atoms with E-state index in [1.807, 2.05) is 55.7 Å². The van der Waals surface area contributed by atoms with Gasteiger partial charge in [0.25, 0.3) is 0 Å². The van der Waals surface area contributed by atoms with Gasteiger partial charge in [-0.15, -0.1) is 0 Å². The van der Waals surface area contributed by atoms with Crippen molar-refractivity contribution in [3.05, 3.63) is 30.9 Å². The predicted octanol–water partition coefficient (Wildman–Crippen LogP) is 5.42. The van der Waals surface area contributed by atoms with E-state index >= 15 is 0 Å². The third-order valence-corrected chi connectivity index (χ3v) is 7.69. The Kier molecular flexibility index (Phi) is 11.1. The summed E-state index contributed by atoms with van der Waals surface area (Å²) in [7, 11) is 0. The molecule has 4 rings (SSSR count). The second-order valence-corrected chi connectivity index (χ2v) is 12.4. The molecular weight excluding hydrogens is 548 g/mol. The summed E-state index contributed by atoms with van der Waals surface area (Å²) >= 11 is 0. The maximum atomic E-state index is 13.2. The molecule has 2 atom stereocenters. The van der Waals surface area contributed by atoms with Crippen LogP contribution in [0.2, 0.25) is 0 Å². The molecule has 1 aromatic heterocycles. The molecule has 0 radical (unpaired) electrons. The van der Waals surface area contributed by atoms with Gasteiger partial charge in [-0.25, -0.2) is 9.78 Å². The summed E-state index contributed by atoms with van der Waals surface area (Å²) in [6, 6.07) is 5.87. The Morgan fingerprint density at radius 3 is 2.63 bits per heavy atom. The average Bonchev–Trinajstić information content (AvgIpc) is 3.14. The number of hydrogen-bond acceptors (Lipinski definition) is 8. The van der Waals surface area contributed by atoms with Gasteiger partial charge in [0.05, 0.1) is 24.2 Å². The SMILES string of the molecule is C=C/C=N\CC(C)OCNc1nc2cccc(OC3CCN(C(C)=O)CC3)c2n1[C@@H]1CCCCN(C(=O)OC(C)(C)C)C1. The number of ether oxygens (including phenoxy) is 3. The first-order valence-electron chi connectivity index (χ1n) is 15.4. The molecule has 0 saturated carbocycles.